The minimum absolute atomic E-state index is 0.00500. The summed E-state index contributed by atoms with van der Waals surface area (Å²) in [5.41, 5.74) is -2.13. The number of pyridine rings is 1. The van der Waals surface area contributed by atoms with Gasteiger partial charge in [0.25, 0.3) is 0 Å². The Bertz CT molecular complexity index is 1600. The molecular weight excluding hydrogens is 617 g/mol. The number of hydrogen-bond acceptors (Lipinski definition) is 5. The van der Waals surface area contributed by atoms with Gasteiger partial charge < -0.3 is 10.2 Å². The highest BCUT2D eigenvalue weighted by Gasteiger charge is 2.35. The Balaban J connectivity index is 1.68. The molecule has 1 aromatic heterocycles. The highest BCUT2D eigenvalue weighted by atomic mass is 32.2. The van der Waals surface area contributed by atoms with Crippen LogP contribution in [0, 0.1) is 11.7 Å². The number of halogens is 7. The molecule has 15 heteroatoms. The molecule has 1 saturated heterocycles. The molecule has 0 aliphatic carbocycles. The molecule has 1 amide bonds. The lowest BCUT2D eigenvalue weighted by Crippen LogP contribution is -2.36. The van der Waals surface area contributed by atoms with Crippen molar-refractivity contribution in [2.24, 2.45) is 5.92 Å². The molecule has 1 unspecified atom stereocenters. The van der Waals surface area contributed by atoms with Crippen LogP contribution in [0.2, 0.25) is 0 Å². The van der Waals surface area contributed by atoms with Gasteiger partial charge in [0.15, 0.2) is 0 Å². The summed E-state index contributed by atoms with van der Waals surface area (Å²) < 4.78 is 120. The van der Waals surface area contributed by atoms with E-state index in [1.165, 1.54) is 12.1 Å². The standard InChI is InChI=1S/C29H29F7N4O3S/c1-17-11-13-40(14-12-17)26-20(6-10-24(38-26)29(34,35)36)16-37-27(41)25(18-3-7-21(8-4-18)28(31,32)33)19-5-9-23(22(30)15-19)39-44(2,42)43/h3-10,15,17,25,39H,11-14,16H2,1-2H3,(H,37,41). The second kappa shape index (κ2) is 12.6. The first-order chi connectivity index (χ1) is 20.4. The first-order valence-electron chi connectivity index (χ1n) is 13.5. The van der Waals surface area contributed by atoms with Gasteiger partial charge in [-0.2, -0.15) is 26.3 Å². The lowest BCUT2D eigenvalue weighted by Gasteiger charge is -2.33. The van der Waals surface area contributed by atoms with Crippen LogP contribution < -0.4 is 14.9 Å². The number of carbonyl (C=O) groups is 1. The topological polar surface area (TPSA) is 91.4 Å². The van der Waals surface area contributed by atoms with Gasteiger partial charge in [-0.3, -0.25) is 9.52 Å². The Kier molecular flexibility index (Phi) is 9.47. The Morgan fingerprint density at radius 2 is 1.57 bits per heavy atom. The first-order valence-corrected chi connectivity index (χ1v) is 15.4. The van der Waals surface area contributed by atoms with Crippen molar-refractivity contribution in [2.45, 2.75) is 44.6 Å². The van der Waals surface area contributed by atoms with E-state index in [1.807, 2.05) is 11.6 Å². The number of aromatic nitrogens is 1. The van der Waals surface area contributed by atoms with Gasteiger partial charge in [0.05, 0.1) is 23.4 Å². The van der Waals surface area contributed by atoms with Gasteiger partial charge in [-0.1, -0.05) is 31.2 Å². The molecule has 1 fully saturated rings. The van der Waals surface area contributed by atoms with Crippen LogP contribution in [0.5, 0.6) is 0 Å². The third-order valence-electron chi connectivity index (χ3n) is 7.24. The van der Waals surface area contributed by atoms with E-state index in [4.69, 9.17) is 0 Å². The van der Waals surface area contributed by atoms with Crippen molar-refractivity contribution in [3.05, 3.63) is 88.4 Å². The van der Waals surface area contributed by atoms with E-state index in [-0.39, 0.29) is 29.1 Å². The Morgan fingerprint density at radius 3 is 2.11 bits per heavy atom. The summed E-state index contributed by atoms with van der Waals surface area (Å²) >= 11 is 0. The van der Waals surface area contributed by atoms with Gasteiger partial charge >= 0.3 is 12.4 Å². The molecule has 2 aromatic carbocycles. The van der Waals surface area contributed by atoms with Crippen LogP contribution in [0.1, 0.15) is 53.6 Å². The molecule has 0 saturated carbocycles. The molecule has 4 rings (SSSR count). The van der Waals surface area contributed by atoms with Crippen LogP contribution in [-0.2, 0) is 33.7 Å². The molecule has 2 heterocycles. The van der Waals surface area contributed by atoms with Crippen molar-refractivity contribution in [1.29, 1.82) is 0 Å². The summed E-state index contributed by atoms with van der Waals surface area (Å²) in [6.45, 7) is 2.67. The molecular formula is C29H29F7N4O3S. The predicted octanol–water partition coefficient (Wildman–Crippen LogP) is 6.31. The van der Waals surface area contributed by atoms with E-state index in [0.717, 1.165) is 61.6 Å². The first kappa shape index (κ1) is 33.0. The summed E-state index contributed by atoms with van der Waals surface area (Å²) in [7, 11) is -3.84. The number of benzene rings is 2. The molecule has 1 aliphatic heterocycles. The number of piperidine rings is 1. The zero-order valence-corrected chi connectivity index (χ0v) is 24.4. The van der Waals surface area contributed by atoms with Gasteiger partial charge in [-0.15, -0.1) is 0 Å². The number of sulfonamides is 1. The minimum atomic E-state index is -4.70. The van der Waals surface area contributed by atoms with Crippen molar-refractivity contribution < 1.29 is 43.9 Å². The zero-order chi connectivity index (χ0) is 32.4. The van der Waals surface area contributed by atoms with Gasteiger partial charge in [0.1, 0.15) is 17.3 Å². The van der Waals surface area contributed by atoms with Crippen LogP contribution in [0.4, 0.5) is 42.2 Å². The van der Waals surface area contributed by atoms with E-state index in [0.29, 0.717) is 19.0 Å². The molecule has 2 N–H and O–H groups in total. The number of nitrogens with zero attached hydrogens (tertiary/aromatic N) is 2. The Labute approximate surface area is 249 Å². The van der Waals surface area contributed by atoms with E-state index < -0.39 is 57.0 Å². The monoisotopic (exact) mass is 646 g/mol. The number of nitrogens with one attached hydrogen (secondary N) is 2. The number of amides is 1. The number of alkyl halides is 6. The highest BCUT2D eigenvalue weighted by Crippen LogP contribution is 2.34. The maximum atomic E-state index is 14.9. The maximum absolute atomic E-state index is 14.9. The molecule has 0 spiro atoms. The van der Waals surface area contributed by atoms with Crippen molar-refractivity contribution in [3.8, 4) is 0 Å². The fourth-order valence-corrected chi connectivity index (χ4v) is 5.47. The van der Waals surface area contributed by atoms with E-state index >= 15 is 0 Å². The van der Waals surface area contributed by atoms with Crippen molar-refractivity contribution >= 4 is 27.4 Å². The fraction of sp³-hybridized carbons (Fsp3) is 0.379. The third kappa shape index (κ3) is 8.18. The molecule has 238 valence electrons. The van der Waals surface area contributed by atoms with E-state index in [1.54, 1.807) is 4.90 Å². The normalized spacial score (nSPS) is 15.6. The third-order valence-corrected chi connectivity index (χ3v) is 7.83. The van der Waals surface area contributed by atoms with Crippen LogP contribution in [0.3, 0.4) is 0 Å². The molecule has 3 aromatic rings. The SMILES string of the molecule is CC1CCN(c2nc(C(F)(F)F)ccc2CNC(=O)C(c2ccc(C(F)(F)F)cc2)c2ccc(NS(C)(=O)=O)c(F)c2)CC1. The average Bonchev–Trinajstić information content (AvgIpc) is 2.92. The Hall–Kier alpha value is -3.88. The molecule has 44 heavy (non-hydrogen) atoms. The predicted molar refractivity (Wildman–Crippen MR) is 150 cm³/mol. The second-order valence-corrected chi connectivity index (χ2v) is 12.5. The summed E-state index contributed by atoms with van der Waals surface area (Å²) in [6, 6.07) is 8.87. The summed E-state index contributed by atoms with van der Waals surface area (Å²) in [4.78, 5) is 19.2. The second-order valence-electron chi connectivity index (χ2n) is 10.7. The number of carbonyl (C=O) groups excluding carboxylic acids is 1. The zero-order valence-electron chi connectivity index (χ0n) is 23.6. The quantitative estimate of drug-likeness (QED) is 0.280. The minimum Gasteiger partial charge on any atom is -0.356 e. The van der Waals surface area contributed by atoms with Crippen LogP contribution in [-0.4, -0.2) is 38.7 Å². The maximum Gasteiger partial charge on any atom is 0.433 e. The van der Waals surface area contributed by atoms with E-state index in [2.05, 4.69) is 10.3 Å². The molecule has 0 bridgehead atoms. The number of hydrogen-bond donors (Lipinski definition) is 2. The largest absolute Gasteiger partial charge is 0.433 e. The van der Waals surface area contributed by atoms with Gasteiger partial charge in [-0.05, 0) is 60.2 Å². The molecule has 7 nitrogen and oxygen atoms in total. The van der Waals surface area contributed by atoms with Crippen LogP contribution in [0.15, 0.2) is 54.6 Å². The molecule has 1 atom stereocenters. The number of rotatable bonds is 8. The summed E-state index contributed by atoms with van der Waals surface area (Å²) in [6.07, 6.45) is -7.08. The summed E-state index contributed by atoms with van der Waals surface area (Å²) in [5.74, 6) is -2.75. The highest BCUT2D eigenvalue weighted by molar-refractivity contribution is 7.92. The number of anilines is 2. The lowest BCUT2D eigenvalue weighted by molar-refractivity contribution is -0.141. The smallest absolute Gasteiger partial charge is 0.356 e. The van der Waals surface area contributed by atoms with Gasteiger partial charge in [0, 0.05) is 25.2 Å². The van der Waals surface area contributed by atoms with Crippen LogP contribution >= 0.6 is 0 Å². The van der Waals surface area contributed by atoms with Crippen molar-refractivity contribution in [1.82, 2.24) is 10.3 Å². The van der Waals surface area contributed by atoms with Crippen molar-refractivity contribution in [3.63, 3.8) is 0 Å². The van der Waals surface area contributed by atoms with Gasteiger partial charge in [-0.25, -0.2) is 17.8 Å². The fourth-order valence-electron chi connectivity index (χ4n) is 4.90. The van der Waals surface area contributed by atoms with Crippen LogP contribution in [0.25, 0.3) is 0 Å². The lowest BCUT2D eigenvalue weighted by atomic mass is 9.89. The average molecular weight is 647 g/mol. The Morgan fingerprint density at radius 1 is 0.955 bits per heavy atom. The summed E-state index contributed by atoms with van der Waals surface area (Å²) in [5, 5.41) is 2.62. The molecule has 1 aliphatic rings. The molecule has 0 radical (unpaired) electrons. The van der Waals surface area contributed by atoms with Gasteiger partial charge in [0.2, 0.25) is 15.9 Å². The van der Waals surface area contributed by atoms with Crippen molar-refractivity contribution in [2.75, 3.05) is 29.0 Å². The van der Waals surface area contributed by atoms with E-state index in [9.17, 15) is 43.9 Å².